The molecular weight excluding hydrogens is 276 g/mol. The van der Waals surface area contributed by atoms with E-state index < -0.39 is 12.1 Å². The molecule has 1 aromatic carbocycles. The molecule has 0 bridgehead atoms. The molecule has 1 aliphatic rings. The van der Waals surface area contributed by atoms with Crippen LogP contribution in [0.1, 0.15) is 21.4 Å². The van der Waals surface area contributed by atoms with E-state index >= 15 is 0 Å². The van der Waals surface area contributed by atoms with Gasteiger partial charge < -0.3 is 4.90 Å². The number of carbonyl (C=O) groups excluding carboxylic acids is 2. The fourth-order valence-electron chi connectivity index (χ4n) is 2.21. The number of hydrogen-bond acceptors (Lipinski definition) is 4. The summed E-state index contributed by atoms with van der Waals surface area (Å²) in [6.07, 6.45) is -0.741. The van der Waals surface area contributed by atoms with E-state index in [-0.39, 0.29) is 12.5 Å². The predicted molar refractivity (Wildman–Crippen MR) is 73.2 cm³/mol. The molecular formula is C14H12N2O3S. The lowest BCUT2D eigenvalue weighted by Gasteiger charge is -2.25. The number of benzene rings is 1. The van der Waals surface area contributed by atoms with E-state index in [0.29, 0.717) is 10.6 Å². The van der Waals surface area contributed by atoms with Crippen molar-refractivity contribution >= 4 is 23.2 Å². The van der Waals surface area contributed by atoms with Crippen LogP contribution in [0.15, 0.2) is 47.8 Å². The van der Waals surface area contributed by atoms with E-state index in [0.717, 1.165) is 4.88 Å². The second-order valence-electron chi connectivity index (χ2n) is 4.43. The summed E-state index contributed by atoms with van der Waals surface area (Å²) in [5.41, 5.74) is 0.497. The molecule has 102 valence electrons. The summed E-state index contributed by atoms with van der Waals surface area (Å²) in [7, 11) is 0. The molecule has 1 aliphatic heterocycles. The van der Waals surface area contributed by atoms with Gasteiger partial charge in [-0.05, 0) is 23.6 Å². The number of carbonyl (C=O) groups is 2. The third kappa shape index (κ3) is 2.09. The Morgan fingerprint density at radius 3 is 2.60 bits per heavy atom. The number of rotatable bonds is 2. The first-order valence-electron chi connectivity index (χ1n) is 6.09. The smallest absolute Gasteiger partial charge is 0.267 e. The Kier molecular flexibility index (Phi) is 3.25. The number of nitrogens with zero attached hydrogens (tertiary/aromatic N) is 2. The van der Waals surface area contributed by atoms with Crippen LogP contribution in [0, 0.1) is 0 Å². The summed E-state index contributed by atoms with van der Waals surface area (Å²) in [6.45, 7) is -0.118. The van der Waals surface area contributed by atoms with E-state index in [4.69, 9.17) is 0 Å². The van der Waals surface area contributed by atoms with Crippen LogP contribution >= 0.6 is 11.3 Å². The van der Waals surface area contributed by atoms with Gasteiger partial charge in [0.25, 0.3) is 11.8 Å². The summed E-state index contributed by atoms with van der Waals surface area (Å²) >= 11 is 1.39. The second-order valence-corrected chi connectivity index (χ2v) is 5.41. The first-order valence-corrected chi connectivity index (χ1v) is 6.97. The summed E-state index contributed by atoms with van der Waals surface area (Å²) in [5.74, 6) is -0.749. The van der Waals surface area contributed by atoms with Crippen LogP contribution in [0.2, 0.25) is 0 Å². The van der Waals surface area contributed by atoms with E-state index in [9.17, 15) is 14.8 Å². The molecule has 1 fully saturated rings. The second kappa shape index (κ2) is 5.07. The minimum absolute atomic E-state index is 0.118. The highest BCUT2D eigenvalue weighted by atomic mass is 32.1. The predicted octanol–water partition coefficient (Wildman–Crippen LogP) is 2.12. The number of thiophene rings is 1. The Hall–Kier alpha value is -2.18. The highest BCUT2D eigenvalue weighted by Crippen LogP contribution is 2.33. The van der Waals surface area contributed by atoms with Gasteiger partial charge in [0.2, 0.25) is 0 Å². The van der Waals surface area contributed by atoms with Crippen LogP contribution in [-0.4, -0.2) is 33.5 Å². The van der Waals surface area contributed by atoms with Crippen LogP contribution in [0.3, 0.4) is 0 Å². The zero-order valence-electron chi connectivity index (χ0n) is 10.5. The number of amides is 2. The van der Waals surface area contributed by atoms with Crippen LogP contribution < -0.4 is 0 Å². The van der Waals surface area contributed by atoms with Gasteiger partial charge >= 0.3 is 0 Å². The Morgan fingerprint density at radius 2 is 1.95 bits per heavy atom. The van der Waals surface area contributed by atoms with Crippen LogP contribution in [0.5, 0.6) is 0 Å². The Balaban J connectivity index is 1.95. The van der Waals surface area contributed by atoms with Crippen molar-refractivity contribution in [3.8, 4) is 0 Å². The fraction of sp³-hybridized carbons (Fsp3) is 0.143. The molecule has 2 amide bonds. The van der Waals surface area contributed by atoms with Crippen molar-refractivity contribution in [1.29, 1.82) is 0 Å². The van der Waals surface area contributed by atoms with Gasteiger partial charge in [-0.2, -0.15) is 5.06 Å². The third-order valence-electron chi connectivity index (χ3n) is 3.17. The molecule has 0 saturated carbocycles. The minimum Gasteiger partial charge on any atom is -0.302 e. The summed E-state index contributed by atoms with van der Waals surface area (Å²) in [4.78, 5) is 26.3. The van der Waals surface area contributed by atoms with Crippen LogP contribution in [-0.2, 0) is 4.79 Å². The number of hydroxylamine groups is 2. The van der Waals surface area contributed by atoms with Crippen molar-refractivity contribution in [1.82, 2.24) is 9.96 Å². The highest BCUT2D eigenvalue weighted by Gasteiger charge is 2.41. The Labute approximate surface area is 119 Å². The molecule has 3 rings (SSSR count). The molecule has 0 spiro atoms. The lowest BCUT2D eigenvalue weighted by Crippen LogP contribution is -2.33. The van der Waals surface area contributed by atoms with E-state index in [1.165, 1.54) is 16.2 Å². The zero-order valence-corrected chi connectivity index (χ0v) is 11.3. The number of hydrogen-bond donors (Lipinski definition) is 1. The lowest BCUT2D eigenvalue weighted by molar-refractivity contribution is -0.168. The maximum absolute atomic E-state index is 12.5. The molecule has 1 aromatic heterocycles. The highest BCUT2D eigenvalue weighted by molar-refractivity contribution is 7.10. The van der Waals surface area contributed by atoms with E-state index in [1.54, 1.807) is 30.3 Å². The summed E-state index contributed by atoms with van der Waals surface area (Å²) in [6, 6.07) is 12.4. The molecule has 0 aliphatic carbocycles. The maximum atomic E-state index is 12.5. The molecule has 6 heteroatoms. The molecule has 5 nitrogen and oxygen atoms in total. The molecule has 0 radical (unpaired) electrons. The van der Waals surface area contributed by atoms with Crippen molar-refractivity contribution in [2.24, 2.45) is 0 Å². The van der Waals surface area contributed by atoms with Gasteiger partial charge in [0.15, 0.2) is 6.17 Å². The van der Waals surface area contributed by atoms with Crippen molar-refractivity contribution in [3.63, 3.8) is 0 Å². The van der Waals surface area contributed by atoms with Crippen molar-refractivity contribution in [3.05, 3.63) is 58.3 Å². The first kappa shape index (κ1) is 12.8. The van der Waals surface area contributed by atoms with Crippen molar-refractivity contribution in [2.45, 2.75) is 6.17 Å². The quantitative estimate of drug-likeness (QED) is 0.861. The molecule has 1 unspecified atom stereocenters. The minimum atomic E-state index is -0.741. The van der Waals surface area contributed by atoms with Crippen molar-refractivity contribution in [2.75, 3.05) is 6.54 Å². The zero-order chi connectivity index (χ0) is 14.1. The molecule has 1 atom stereocenters. The summed E-state index contributed by atoms with van der Waals surface area (Å²) in [5, 5.41) is 12.4. The van der Waals surface area contributed by atoms with Gasteiger partial charge in [-0.1, -0.05) is 24.3 Å². The first-order chi connectivity index (χ1) is 9.68. The van der Waals surface area contributed by atoms with E-state index in [1.807, 2.05) is 17.5 Å². The van der Waals surface area contributed by atoms with Crippen molar-refractivity contribution < 1.29 is 14.8 Å². The van der Waals surface area contributed by atoms with Gasteiger partial charge in [-0.25, -0.2) is 0 Å². The molecule has 2 heterocycles. The van der Waals surface area contributed by atoms with Gasteiger partial charge in [0.05, 0.1) is 0 Å². The third-order valence-corrected chi connectivity index (χ3v) is 4.08. The van der Waals surface area contributed by atoms with Crippen LogP contribution in [0.25, 0.3) is 0 Å². The standard InChI is InChI=1S/C14H12N2O3S/c17-12-9-15(14(18)10-5-2-1-3-6-10)13(16(12)19)11-7-4-8-20-11/h1-8,13,19H,9H2. The SMILES string of the molecule is O=C1CN(C(=O)c2ccccc2)C(c2cccs2)N1O. The summed E-state index contributed by atoms with van der Waals surface area (Å²) < 4.78 is 0. The topological polar surface area (TPSA) is 60.9 Å². The molecule has 1 N–H and O–H groups in total. The van der Waals surface area contributed by atoms with Gasteiger partial charge in [0.1, 0.15) is 6.54 Å². The molecule has 20 heavy (non-hydrogen) atoms. The normalized spacial score (nSPS) is 18.6. The van der Waals surface area contributed by atoms with Crippen LogP contribution in [0.4, 0.5) is 0 Å². The van der Waals surface area contributed by atoms with Gasteiger partial charge in [-0.3, -0.25) is 14.8 Å². The van der Waals surface area contributed by atoms with E-state index in [2.05, 4.69) is 0 Å². The monoisotopic (exact) mass is 288 g/mol. The maximum Gasteiger partial charge on any atom is 0.267 e. The fourth-order valence-corrected chi connectivity index (χ4v) is 3.03. The van der Waals surface area contributed by atoms with Gasteiger partial charge in [0, 0.05) is 10.4 Å². The molecule has 2 aromatic rings. The Bertz CT molecular complexity index is 627. The largest absolute Gasteiger partial charge is 0.302 e. The average Bonchev–Trinajstić information content (AvgIpc) is 3.08. The average molecular weight is 288 g/mol. The lowest BCUT2D eigenvalue weighted by atomic mass is 10.2. The molecule has 1 saturated heterocycles. The Morgan fingerprint density at radius 1 is 1.20 bits per heavy atom. The van der Waals surface area contributed by atoms with Gasteiger partial charge in [-0.15, -0.1) is 11.3 Å².